The third kappa shape index (κ3) is 8.13. The number of hydrogen-bond donors (Lipinski definition) is 0. The van der Waals surface area contributed by atoms with E-state index in [9.17, 15) is 0 Å². The lowest BCUT2D eigenvalue weighted by Gasteiger charge is -2.20. The number of rotatable bonds is 8. The van der Waals surface area contributed by atoms with E-state index in [4.69, 9.17) is 22.2 Å². The second kappa shape index (κ2) is 8.01. The van der Waals surface area contributed by atoms with Crippen molar-refractivity contribution in [2.75, 3.05) is 0 Å². The molecule has 0 heterocycles. The van der Waals surface area contributed by atoms with Crippen molar-refractivity contribution in [1.82, 2.24) is 0 Å². The molecule has 0 spiro atoms. The Morgan fingerprint density at radius 1 is 1.07 bits per heavy atom. The van der Waals surface area contributed by atoms with Gasteiger partial charge in [0, 0.05) is 0 Å². The molecule has 0 saturated heterocycles. The summed E-state index contributed by atoms with van der Waals surface area (Å²) in [5.41, 5.74) is 0. The van der Waals surface area contributed by atoms with Gasteiger partial charge >= 0.3 is 0 Å². The van der Waals surface area contributed by atoms with E-state index in [1.165, 1.54) is 32.1 Å². The van der Waals surface area contributed by atoms with E-state index in [0.29, 0.717) is 5.92 Å². The second-order valence-electron chi connectivity index (χ2n) is 4.38. The van der Waals surface area contributed by atoms with Crippen molar-refractivity contribution in [3.8, 4) is 0 Å². The zero-order valence-corrected chi connectivity index (χ0v) is 12.3. The van der Waals surface area contributed by atoms with Gasteiger partial charge in [0.2, 0.25) is 0 Å². The zero-order valence-electron chi connectivity index (χ0n) is 9.78. The van der Waals surface area contributed by atoms with Crippen molar-refractivity contribution in [1.29, 1.82) is 0 Å². The van der Waals surface area contributed by atoms with E-state index in [1.54, 1.807) is 0 Å². The third-order valence-electron chi connectivity index (χ3n) is 2.74. The molecule has 0 aromatic carbocycles. The van der Waals surface area contributed by atoms with Crippen LogP contribution in [0.2, 0.25) is 12.1 Å². The highest BCUT2D eigenvalue weighted by atomic mass is 35.7. The van der Waals surface area contributed by atoms with E-state index in [1.807, 2.05) is 0 Å². The molecular weight excluding hydrogens is 231 g/mol. The average molecular weight is 255 g/mol. The topological polar surface area (TPSA) is 0 Å². The minimum atomic E-state index is -1.89. The minimum Gasteiger partial charge on any atom is -0.146 e. The van der Waals surface area contributed by atoms with Gasteiger partial charge in [-0.25, -0.2) is 0 Å². The van der Waals surface area contributed by atoms with Crippen LogP contribution >= 0.6 is 22.2 Å². The van der Waals surface area contributed by atoms with Gasteiger partial charge in [-0.1, -0.05) is 52.9 Å². The lowest BCUT2D eigenvalue weighted by Crippen LogP contribution is -2.21. The molecule has 0 amide bonds. The largest absolute Gasteiger partial charge is 0.251 e. The molecule has 86 valence electrons. The van der Waals surface area contributed by atoms with Crippen molar-refractivity contribution in [3.05, 3.63) is 0 Å². The number of unbranched alkanes of at least 4 members (excludes halogenated alkanes) is 3. The van der Waals surface area contributed by atoms with Gasteiger partial charge in [0.25, 0.3) is 6.69 Å². The van der Waals surface area contributed by atoms with Crippen molar-refractivity contribution in [2.45, 2.75) is 65.0 Å². The van der Waals surface area contributed by atoms with Gasteiger partial charge in [-0.05, 0) is 18.0 Å². The highest BCUT2D eigenvalue weighted by molar-refractivity contribution is 7.45. The monoisotopic (exact) mass is 254 g/mol. The summed E-state index contributed by atoms with van der Waals surface area (Å²) in [5.74, 6) is 0.697. The lowest BCUT2D eigenvalue weighted by molar-refractivity contribution is 0.616. The lowest BCUT2D eigenvalue weighted by atomic mass is 10.2. The number of halogens is 2. The fourth-order valence-corrected chi connectivity index (χ4v) is 6.23. The summed E-state index contributed by atoms with van der Waals surface area (Å²) in [7, 11) is 0. The standard InChI is InChI=1S/C11H24Cl2Si/c1-4-6-7-8-9-14(12,13)10-11(3)5-2/h11H,4-10H2,1-3H3/t11-/m1/s1. The van der Waals surface area contributed by atoms with Crippen molar-refractivity contribution >= 4 is 28.9 Å². The highest BCUT2D eigenvalue weighted by Gasteiger charge is 2.29. The van der Waals surface area contributed by atoms with Crippen LogP contribution in [0.3, 0.4) is 0 Å². The van der Waals surface area contributed by atoms with Gasteiger partial charge < -0.3 is 0 Å². The Morgan fingerprint density at radius 2 is 1.71 bits per heavy atom. The minimum absolute atomic E-state index is 0.697. The molecule has 0 aliphatic carbocycles. The first-order valence-corrected chi connectivity index (χ1v) is 10.3. The first-order valence-electron chi connectivity index (χ1n) is 5.89. The van der Waals surface area contributed by atoms with Crippen LogP contribution in [0, 0.1) is 5.92 Å². The molecule has 0 nitrogen and oxygen atoms in total. The van der Waals surface area contributed by atoms with Gasteiger partial charge in [0.05, 0.1) is 0 Å². The normalized spacial score (nSPS) is 14.4. The SMILES string of the molecule is CCCCCC[Si](Cl)(Cl)C[C@H](C)CC. The molecule has 0 N–H and O–H groups in total. The Kier molecular flexibility index (Phi) is 8.46. The van der Waals surface area contributed by atoms with Crippen LogP contribution in [0.1, 0.15) is 52.9 Å². The summed E-state index contributed by atoms with van der Waals surface area (Å²) in [6.45, 7) is 4.79. The average Bonchev–Trinajstić information content (AvgIpc) is 2.12. The van der Waals surface area contributed by atoms with Crippen molar-refractivity contribution in [2.24, 2.45) is 5.92 Å². The quantitative estimate of drug-likeness (QED) is 0.304. The third-order valence-corrected chi connectivity index (χ3v) is 7.18. The van der Waals surface area contributed by atoms with Crippen LogP contribution in [0.5, 0.6) is 0 Å². The first kappa shape index (κ1) is 14.8. The highest BCUT2D eigenvalue weighted by Crippen LogP contribution is 2.32. The van der Waals surface area contributed by atoms with Crippen LogP contribution in [0.4, 0.5) is 0 Å². The maximum absolute atomic E-state index is 6.39. The molecule has 0 bridgehead atoms. The zero-order chi connectivity index (χ0) is 11.0. The van der Waals surface area contributed by atoms with Crippen LogP contribution in [0.15, 0.2) is 0 Å². The van der Waals surface area contributed by atoms with Gasteiger partial charge in [0.15, 0.2) is 0 Å². The van der Waals surface area contributed by atoms with Gasteiger partial charge in [-0.2, -0.15) is 0 Å². The molecule has 14 heavy (non-hydrogen) atoms. The van der Waals surface area contributed by atoms with E-state index in [2.05, 4.69) is 20.8 Å². The molecule has 0 aliphatic rings. The summed E-state index contributed by atoms with van der Waals surface area (Å²) in [6.07, 6.45) is 6.32. The summed E-state index contributed by atoms with van der Waals surface area (Å²) in [4.78, 5) is 0. The van der Waals surface area contributed by atoms with Crippen molar-refractivity contribution in [3.63, 3.8) is 0 Å². The molecule has 0 radical (unpaired) electrons. The second-order valence-corrected chi connectivity index (χ2v) is 11.9. The van der Waals surface area contributed by atoms with E-state index >= 15 is 0 Å². The van der Waals surface area contributed by atoms with Gasteiger partial charge in [-0.3, -0.25) is 0 Å². The molecule has 0 unspecified atom stereocenters. The summed E-state index contributed by atoms with van der Waals surface area (Å²) < 4.78 is 0. The molecule has 0 rings (SSSR count). The fourth-order valence-electron chi connectivity index (χ4n) is 1.57. The predicted octanol–water partition coefficient (Wildman–Crippen LogP) is 5.53. The van der Waals surface area contributed by atoms with Gasteiger partial charge in [-0.15, -0.1) is 22.2 Å². The van der Waals surface area contributed by atoms with E-state index in [0.717, 1.165) is 12.1 Å². The summed E-state index contributed by atoms with van der Waals surface area (Å²) in [6, 6.07) is 2.15. The summed E-state index contributed by atoms with van der Waals surface area (Å²) >= 11 is 12.8. The Bertz CT molecular complexity index is 137. The summed E-state index contributed by atoms with van der Waals surface area (Å²) in [5, 5.41) is 0. The van der Waals surface area contributed by atoms with E-state index in [-0.39, 0.29) is 0 Å². The van der Waals surface area contributed by atoms with Crippen LogP contribution in [0.25, 0.3) is 0 Å². The Hall–Kier alpha value is 0.797. The Labute approximate surface area is 99.8 Å². The Balaban J connectivity index is 3.60. The van der Waals surface area contributed by atoms with Crippen LogP contribution < -0.4 is 0 Å². The molecule has 0 fully saturated rings. The molecule has 0 aromatic heterocycles. The maximum atomic E-state index is 6.39. The molecule has 3 heteroatoms. The molecular formula is C11H24Cl2Si. The van der Waals surface area contributed by atoms with Gasteiger partial charge in [0.1, 0.15) is 0 Å². The maximum Gasteiger partial charge on any atom is 0.251 e. The fraction of sp³-hybridized carbons (Fsp3) is 1.00. The predicted molar refractivity (Wildman–Crippen MR) is 70.7 cm³/mol. The smallest absolute Gasteiger partial charge is 0.146 e. The molecule has 1 atom stereocenters. The molecule has 0 saturated carbocycles. The van der Waals surface area contributed by atoms with Crippen LogP contribution in [-0.2, 0) is 0 Å². The first-order chi connectivity index (χ1) is 6.52. The van der Waals surface area contributed by atoms with Crippen molar-refractivity contribution < 1.29 is 0 Å². The van der Waals surface area contributed by atoms with Crippen LogP contribution in [-0.4, -0.2) is 6.69 Å². The molecule has 0 aromatic rings. The Morgan fingerprint density at radius 3 is 2.21 bits per heavy atom. The van der Waals surface area contributed by atoms with E-state index < -0.39 is 6.69 Å². The number of hydrogen-bond acceptors (Lipinski definition) is 0. The molecule has 0 aliphatic heterocycles.